The lowest BCUT2D eigenvalue weighted by Crippen LogP contribution is -2.19. The second kappa shape index (κ2) is 7.52. The topological polar surface area (TPSA) is 144 Å². The highest BCUT2D eigenvalue weighted by Gasteiger charge is 2.21. The Bertz CT molecular complexity index is 962. The normalized spacial score (nSPS) is 12.0. The second-order valence-corrected chi connectivity index (χ2v) is 10.4. The van der Waals surface area contributed by atoms with Crippen LogP contribution in [-0.4, -0.2) is 40.3 Å². The molecule has 0 saturated heterocycles. The molecule has 0 spiro atoms. The molecule has 8 nitrogen and oxygen atoms in total. The van der Waals surface area contributed by atoms with Crippen LogP contribution in [-0.2, 0) is 26.2 Å². The van der Waals surface area contributed by atoms with Crippen LogP contribution < -0.4 is 11.1 Å². The summed E-state index contributed by atoms with van der Waals surface area (Å²) in [6, 6.07) is 7.84. The molecule has 25 heavy (non-hydrogen) atoms. The average molecular weight is 404 g/mol. The Kier molecular flexibility index (Phi) is 5.83. The van der Waals surface area contributed by atoms with Crippen molar-refractivity contribution in [1.29, 1.82) is 0 Å². The fourth-order valence-electron chi connectivity index (χ4n) is 1.98. The van der Waals surface area contributed by atoms with E-state index in [1.54, 1.807) is 0 Å². The van der Waals surface area contributed by atoms with Crippen LogP contribution in [0.2, 0.25) is 0 Å². The molecule has 1 aromatic heterocycles. The molecule has 1 heterocycles. The molecule has 2 aromatic rings. The molecule has 0 fully saturated rings. The van der Waals surface area contributed by atoms with Crippen molar-refractivity contribution in [2.24, 2.45) is 5.73 Å². The van der Waals surface area contributed by atoms with Crippen molar-refractivity contribution < 1.29 is 26.7 Å². The molecule has 0 aliphatic rings. The van der Waals surface area contributed by atoms with Gasteiger partial charge in [-0.25, -0.2) is 21.6 Å². The molecule has 2 rings (SSSR count). The van der Waals surface area contributed by atoms with Gasteiger partial charge in [-0.2, -0.15) is 0 Å². The van der Waals surface area contributed by atoms with E-state index in [0.29, 0.717) is 4.88 Å². The van der Waals surface area contributed by atoms with Gasteiger partial charge in [-0.1, -0.05) is 0 Å². The molecule has 0 saturated carbocycles. The molecule has 0 aliphatic heterocycles. The molecular formula is C14H16N2O6S3. The predicted octanol–water partition coefficient (Wildman–Crippen LogP) is 1.08. The summed E-state index contributed by atoms with van der Waals surface area (Å²) >= 11 is 0.946. The van der Waals surface area contributed by atoms with Crippen molar-refractivity contribution in [2.75, 3.05) is 12.3 Å². The van der Waals surface area contributed by atoms with Crippen LogP contribution in [0.4, 0.5) is 4.79 Å². The van der Waals surface area contributed by atoms with E-state index in [9.17, 15) is 21.6 Å². The molecule has 0 radical (unpaired) electrons. The van der Waals surface area contributed by atoms with Gasteiger partial charge in [0.15, 0.2) is 9.84 Å². The van der Waals surface area contributed by atoms with Crippen LogP contribution >= 0.6 is 11.3 Å². The minimum atomic E-state index is -3.81. The first-order valence-corrected chi connectivity index (χ1v) is 11.0. The third-order valence-electron chi connectivity index (χ3n) is 3.20. The van der Waals surface area contributed by atoms with E-state index >= 15 is 0 Å². The molecule has 1 aromatic carbocycles. The Labute approximate surface area is 149 Å². The molecule has 136 valence electrons. The Hall–Kier alpha value is -1.95. The van der Waals surface area contributed by atoms with E-state index in [4.69, 9.17) is 10.8 Å². The van der Waals surface area contributed by atoms with E-state index in [1.165, 1.54) is 36.4 Å². The molecule has 0 unspecified atom stereocenters. The molecule has 11 heteroatoms. The van der Waals surface area contributed by atoms with Gasteiger partial charge in [0.05, 0.1) is 22.1 Å². The van der Waals surface area contributed by atoms with E-state index in [1.807, 2.05) is 0 Å². The molecule has 0 atom stereocenters. The first kappa shape index (κ1) is 19.4. The number of rotatable bonds is 7. The quantitative estimate of drug-likeness (QED) is 0.626. The largest absolute Gasteiger partial charge is 0.465 e. The van der Waals surface area contributed by atoms with Gasteiger partial charge in [0.2, 0.25) is 9.84 Å². The van der Waals surface area contributed by atoms with Gasteiger partial charge in [0, 0.05) is 11.4 Å². The van der Waals surface area contributed by atoms with Gasteiger partial charge < -0.3 is 16.2 Å². The van der Waals surface area contributed by atoms with E-state index in [0.717, 1.165) is 11.3 Å². The number of nitrogens with one attached hydrogen (secondary N) is 1. The standard InChI is InChI=1S/C14H16N2O6S3/c15-7-8-24(19,20)11-2-4-12(5-3-11)25(21,22)13-6-1-10(23-13)9-16-14(17)18/h1-6,16H,7-9,15H2,(H,17,18). The summed E-state index contributed by atoms with van der Waals surface area (Å²) in [7, 11) is -7.34. The number of nitrogens with two attached hydrogens (primary N) is 1. The highest BCUT2D eigenvalue weighted by atomic mass is 32.2. The summed E-state index contributed by atoms with van der Waals surface area (Å²) < 4.78 is 49.0. The zero-order valence-electron chi connectivity index (χ0n) is 12.9. The first-order chi connectivity index (χ1) is 11.7. The predicted molar refractivity (Wildman–Crippen MR) is 92.2 cm³/mol. The summed E-state index contributed by atoms with van der Waals surface area (Å²) in [6.07, 6.45) is -1.20. The number of thiophene rings is 1. The van der Waals surface area contributed by atoms with Crippen LogP contribution in [0.25, 0.3) is 0 Å². The third kappa shape index (κ3) is 4.57. The number of carbonyl (C=O) groups is 1. The maximum Gasteiger partial charge on any atom is 0.404 e. The number of sulfone groups is 2. The van der Waals surface area contributed by atoms with Crippen molar-refractivity contribution in [3.8, 4) is 0 Å². The minimum absolute atomic E-state index is 0.00574. The van der Waals surface area contributed by atoms with E-state index in [2.05, 4.69) is 5.32 Å². The summed E-state index contributed by atoms with van der Waals surface area (Å²) in [5.41, 5.74) is 5.26. The van der Waals surface area contributed by atoms with Crippen molar-refractivity contribution in [1.82, 2.24) is 5.32 Å². The lowest BCUT2D eigenvalue weighted by molar-refractivity contribution is 0.194. The van der Waals surface area contributed by atoms with Crippen LogP contribution in [0.1, 0.15) is 4.88 Å². The fraction of sp³-hybridized carbons (Fsp3) is 0.214. The molecule has 1 amide bonds. The average Bonchev–Trinajstić information content (AvgIpc) is 3.03. The van der Waals surface area contributed by atoms with Crippen LogP contribution in [0.5, 0.6) is 0 Å². The Morgan fingerprint density at radius 2 is 1.64 bits per heavy atom. The van der Waals surface area contributed by atoms with Crippen LogP contribution in [0.15, 0.2) is 50.4 Å². The van der Waals surface area contributed by atoms with E-state index < -0.39 is 25.8 Å². The Morgan fingerprint density at radius 3 is 2.20 bits per heavy atom. The summed E-state index contributed by atoms with van der Waals surface area (Å²) in [5.74, 6) is -0.218. The second-order valence-electron chi connectivity index (χ2n) is 4.96. The number of hydrogen-bond acceptors (Lipinski definition) is 7. The number of carboxylic acid groups (broad SMARTS) is 1. The molecule has 0 bridgehead atoms. The van der Waals surface area contributed by atoms with Crippen molar-refractivity contribution >= 4 is 37.1 Å². The van der Waals surface area contributed by atoms with Crippen molar-refractivity contribution in [3.05, 3.63) is 41.3 Å². The number of hydrogen-bond donors (Lipinski definition) is 3. The maximum atomic E-state index is 12.6. The fourth-order valence-corrected chi connectivity index (χ4v) is 5.77. The Balaban J connectivity index is 2.27. The smallest absolute Gasteiger partial charge is 0.404 e. The SMILES string of the molecule is NCCS(=O)(=O)c1ccc(S(=O)(=O)c2ccc(CNC(=O)O)s2)cc1. The lowest BCUT2D eigenvalue weighted by atomic mass is 10.4. The van der Waals surface area contributed by atoms with Gasteiger partial charge >= 0.3 is 6.09 Å². The summed E-state index contributed by atoms with van der Waals surface area (Å²) in [5, 5.41) is 10.7. The van der Waals surface area contributed by atoms with Crippen molar-refractivity contribution in [2.45, 2.75) is 20.5 Å². The minimum Gasteiger partial charge on any atom is -0.465 e. The summed E-state index contributed by atoms with van der Waals surface area (Å²) in [4.78, 5) is 11.0. The third-order valence-corrected chi connectivity index (χ3v) is 8.31. The summed E-state index contributed by atoms with van der Waals surface area (Å²) in [6.45, 7) is -0.0173. The van der Waals surface area contributed by atoms with Gasteiger partial charge in [-0.05, 0) is 36.4 Å². The van der Waals surface area contributed by atoms with Gasteiger partial charge in [0.1, 0.15) is 4.21 Å². The zero-order valence-corrected chi connectivity index (χ0v) is 15.3. The lowest BCUT2D eigenvalue weighted by Gasteiger charge is -2.05. The van der Waals surface area contributed by atoms with Gasteiger partial charge in [0.25, 0.3) is 0 Å². The monoisotopic (exact) mass is 404 g/mol. The molecule has 0 aliphatic carbocycles. The van der Waals surface area contributed by atoms with Crippen LogP contribution in [0, 0.1) is 0 Å². The maximum absolute atomic E-state index is 12.6. The number of amides is 1. The first-order valence-electron chi connectivity index (χ1n) is 7.00. The zero-order chi connectivity index (χ0) is 18.7. The van der Waals surface area contributed by atoms with Crippen molar-refractivity contribution in [3.63, 3.8) is 0 Å². The number of benzene rings is 1. The molecular weight excluding hydrogens is 388 g/mol. The van der Waals surface area contributed by atoms with Crippen LogP contribution in [0.3, 0.4) is 0 Å². The molecule has 4 N–H and O–H groups in total. The van der Waals surface area contributed by atoms with Gasteiger partial charge in [-0.3, -0.25) is 0 Å². The van der Waals surface area contributed by atoms with Gasteiger partial charge in [-0.15, -0.1) is 11.3 Å². The highest BCUT2D eigenvalue weighted by molar-refractivity contribution is 7.93. The Morgan fingerprint density at radius 1 is 1.04 bits per heavy atom. The highest BCUT2D eigenvalue weighted by Crippen LogP contribution is 2.28. The van der Waals surface area contributed by atoms with E-state index in [-0.39, 0.29) is 32.8 Å².